The number of carbonyl (C=O) groups is 1. The van der Waals surface area contributed by atoms with Gasteiger partial charge in [-0.3, -0.25) is 4.79 Å². The van der Waals surface area contributed by atoms with E-state index >= 15 is 0 Å². The van der Waals surface area contributed by atoms with Gasteiger partial charge in [-0.2, -0.15) is 22.0 Å². The summed E-state index contributed by atoms with van der Waals surface area (Å²) in [5.74, 6) is -7.77. The monoisotopic (exact) mass is 275 g/mol. The van der Waals surface area contributed by atoms with Gasteiger partial charge in [0.05, 0.1) is 6.61 Å². The summed E-state index contributed by atoms with van der Waals surface area (Å²) in [6.45, 7) is -0.709. The Hall–Kier alpha value is -0.920. The lowest BCUT2D eigenvalue weighted by atomic mass is 9.87. The molecule has 1 amide bonds. The number of nitrogens with one attached hydrogen (secondary N) is 1. The molecule has 0 aliphatic heterocycles. The zero-order valence-corrected chi connectivity index (χ0v) is 9.49. The van der Waals surface area contributed by atoms with Gasteiger partial charge in [0.2, 0.25) is 0 Å². The van der Waals surface area contributed by atoms with Crippen molar-refractivity contribution >= 4 is 5.91 Å². The van der Waals surface area contributed by atoms with Crippen molar-refractivity contribution in [2.75, 3.05) is 13.2 Å². The van der Waals surface area contributed by atoms with Gasteiger partial charge in [-0.1, -0.05) is 12.8 Å². The molecule has 0 unspecified atom stereocenters. The number of carbonyl (C=O) groups excluding carboxylic acids is 1. The van der Waals surface area contributed by atoms with Crippen LogP contribution in [0.3, 0.4) is 0 Å². The highest BCUT2D eigenvalue weighted by atomic mass is 19.4. The summed E-state index contributed by atoms with van der Waals surface area (Å²) in [6.07, 6.45) is -3.39. The van der Waals surface area contributed by atoms with Crippen LogP contribution in [0.1, 0.15) is 25.7 Å². The molecule has 0 spiro atoms. The van der Waals surface area contributed by atoms with Gasteiger partial charge in [0.1, 0.15) is 0 Å². The molecule has 0 heterocycles. The Labute approximate surface area is 100 Å². The molecule has 1 fully saturated rings. The number of hydrogen-bond acceptors (Lipinski definition) is 2. The van der Waals surface area contributed by atoms with Crippen molar-refractivity contribution in [3.05, 3.63) is 0 Å². The summed E-state index contributed by atoms with van der Waals surface area (Å²) in [7, 11) is 0. The van der Waals surface area contributed by atoms with E-state index in [-0.39, 0.29) is 13.2 Å². The maximum absolute atomic E-state index is 12.6. The molecule has 18 heavy (non-hydrogen) atoms. The molecule has 0 radical (unpaired) electrons. The van der Waals surface area contributed by atoms with Crippen LogP contribution in [0.5, 0.6) is 0 Å². The molecule has 1 rings (SSSR count). The maximum atomic E-state index is 12.6. The van der Waals surface area contributed by atoms with E-state index in [0.717, 1.165) is 12.8 Å². The van der Waals surface area contributed by atoms with Crippen molar-refractivity contribution in [3.8, 4) is 0 Å². The molecule has 1 saturated carbocycles. The van der Waals surface area contributed by atoms with Crippen molar-refractivity contribution in [2.45, 2.75) is 37.8 Å². The zero-order chi connectivity index (χ0) is 14.0. The minimum absolute atomic E-state index is 0.342. The molecule has 0 aromatic heterocycles. The smallest absolute Gasteiger partial charge is 0.396 e. The molecular formula is C10H14F5NO2. The number of aliphatic hydroxyl groups is 1. The molecule has 2 N–H and O–H groups in total. The normalized spacial score (nSPS) is 19.9. The second-order valence-corrected chi connectivity index (χ2v) is 4.62. The first-order chi connectivity index (χ1) is 8.15. The molecule has 0 aromatic rings. The Morgan fingerprint density at radius 1 is 1.17 bits per heavy atom. The van der Waals surface area contributed by atoms with E-state index < -0.39 is 23.4 Å². The molecule has 1 aliphatic rings. The number of alkyl halides is 5. The van der Waals surface area contributed by atoms with Crippen LogP contribution in [0.2, 0.25) is 0 Å². The first-order valence-corrected chi connectivity index (χ1v) is 5.48. The Kier molecular flexibility index (Phi) is 4.19. The maximum Gasteiger partial charge on any atom is 0.463 e. The average Bonchev–Trinajstić information content (AvgIpc) is 2.73. The minimum Gasteiger partial charge on any atom is -0.396 e. The summed E-state index contributed by atoms with van der Waals surface area (Å²) in [4.78, 5) is 10.9. The summed E-state index contributed by atoms with van der Waals surface area (Å²) in [5, 5.41) is 10.7. The number of aliphatic hydroxyl groups excluding tert-OH is 1. The van der Waals surface area contributed by atoms with E-state index in [0.29, 0.717) is 12.8 Å². The van der Waals surface area contributed by atoms with Gasteiger partial charge < -0.3 is 10.4 Å². The third kappa shape index (κ3) is 2.90. The number of amides is 1. The predicted molar refractivity (Wildman–Crippen MR) is 52.0 cm³/mol. The van der Waals surface area contributed by atoms with Crippen LogP contribution >= 0.6 is 0 Å². The summed E-state index contributed by atoms with van der Waals surface area (Å²) >= 11 is 0. The Balaban J connectivity index is 2.61. The van der Waals surface area contributed by atoms with E-state index in [9.17, 15) is 26.7 Å². The quantitative estimate of drug-likeness (QED) is 0.769. The van der Waals surface area contributed by atoms with Gasteiger partial charge in [-0.15, -0.1) is 0 Å². The third-order valence-corrected chi connectivity index (χ3v) is 3.26. The zero-order valence-electron chi connectivity index (χ0n) is 9.49. The SMILES string of the molecule is O=C(NCC1(CO)CCCC1)C(F)(F)C(F)(F)F. The highest BCUT2D eigenvalue weighted by Crippen LogP contribution is 2.38. The fourth-order valence-electron chi connectivity index (χ4n) is 2.02. The lowest BCUT2D eigenvalue weighted by molar-refractivity contribution is -0.269. The molecule has 1 aliphatic carbocycles. The Morgan fingerprint density at radius 3 is 2.06 bits per heavy atom. The van der Waals surface area contributed by atoms with Gasteiger partial charge in [0.25, 0.3) is 5.91 Å². The van der Waals surface area contributed by atoms with Crippen LogP contribution in [0.15, 0.2) is 0 Å². The largest absolute Gasteiger partial charge is 0.463 e. The second kappa shape index (κ2) is 4.99. The van der Waals surface area contributed by atoms with E-state index in [1.165, 1.54) is 0 Å². The van der Waals surface area contributed by atoms with Crippen molar-refractivity contribution in [1.82, 2.24) is 5.32 Å². The van der Waals surface area contributed by atoms with Crippen molar-refractivity contribution < 1.29 is 31.9 Å². The standard InChI is InChI=1S/C10H14F5NO2/c11-9(12,10(13,14)15)7(18)16-5-8(6-17)3-1-2-4-8/h17H,1-6H2,(H,16,18). The van der Waals surface area contributed by atoms with Crippen molar-refractivity contribution in [2.24, 2.45) is 5.41 Å². The molecular weight excluding hydrogens is 261 g/mol. The summed E-state index contributed by atoms with van der Waals surface area (Å²) in [6, 6.07) is 0. The molecule has 8 heteroatoms. The van der Waals surface area contributed by atoms with Gasteiger partial charge in [-0.05, 0) is 12.8 Å². The molecule has 3 nitrogen and oxygen atoms in total. The van der Waals surface area contributed by atoms with E-state index in [1.54, 1.807) is 5.32 Å². The van der Waals surface area contributed by atoms with Crippen LogP contribution in [0, 0.1) is 5.41 Å². The highest BCUT2D eigenvalue weighted by Gasteiger charge is 2.63. The van der Waals surface area contributed by atoms with Crippen LogP contribution in [0.4, 0.5) is 22.0 Å². The summed E-state index contributed by atoms with van der Waals surface area (Å²) in [5.41, 5.74) is -0.767. The first-order valence-electron chi connectivity index (χ1n) is 5.48. The molecule has 0 atom stereocenters. The lowest BCUT2D eigenvalue weighted by Gasteiger charge is -2.28. The topological polar surface area (TPSA) is 49.3 Å². The van der Waals surface area contributed by atoms with Crippen LogP contribution in [0.25, 0.3) is 0 Å². The van der Waals surface area contributed by atoms with Gasteiger partial charge >= 0.3 is 12.1 Å². The Morgan fingerprint density at radius 2 is 1.67 bits per heavy atom. The number of rotatable bonds is 4. The van der Waals surface area contributed by atoms with E-state index in [1.807, 2.05) is 0 Å². The van der Waals surface area contributed by atoms with Crippen molar-refractivity contribution in [1.29, 1.82) is 0 Å². The second-order valence-electron chi connectivity index (χ2n) is 4.62. The number of hydrogen-bond donors (Lipinski definition) is 2. The third-order valence-electron chi connectivity index (χ3n) is 3.26. The van der Waals surface area contributed by atoms with Gasteiger partial charge in [0, 0.05) is 12.0 Å². The van der Waals surface area contributed by atoms with Gasteiger partial charge in [0.15, 0.2) is 0 Å². The fourth-order valence-corrected chi connectivity index (χ4v) is 2.02. The first kappa shape index (κ1) is 15.1. The van der Waals surface area contributed by atoms with Gasteiger partial charge in [-0.25, -0.2) is 0 Å². The van der Waals surface area contributed by atoms with Crippen LogP contribution < -0.4 is 5.32 Å². The van der Waals surface area contributed by atoms with E-state index in [2.05, 4.69) is 0 Å². The fraction of sp³-hybridized carbons (Fsp3) is 0.900. The highest BCUT2D eigenvalue weighted by molar-refractivity contribution is 5.84. The molecule has 106 valence electrons. The lowest BCUT2D eigenvalue weighted by Crippen LogP contribution is -2.52. The molecule has 0 bridgehead atoms. The average molecular weight is 275 g/mol. The Bertz CT molecular complexity index is 310. The molecule has 0 saturated heterocycles. The van der Waals surface area contributed by atoms with Crippen molar-refractivity contribution in [3.63, 3.8) is 0 Å². The number of halogens is 5. The van der Waals surface area contributed by atoms with E-state index in [4.69, 9.17) is 5.11 Å². The minimum atomic E-state index is -5.90. The summed E-state index contributed by atoms with van der Waals surface area (Å²) < 4.78 is 61.0. The van der Waals surface area contributed by atoms with Crippen LogP contribution in [-0.2, 0) is 4.79 Å². The predicted octanol–water partition coefficient (Wildman–Crippen LogP) is 1.85. The molecule has 0 aromatic carbocycles. The van der Waals surface area contributed by atoms with Crippen LogP contribution in [-0.4, -0.2) is 36.3 Å².